The average molecular weight is 1330 g/mol. The summed E-state index contributed by atoms with van der Waals surface area (Å²) in [6.07, 6.45) is 4.97. The summed E-state index contributed by atoms with van der Waals surface area (Å²) in [5.41, 5.74) is 0. The number of likely N-dealkylation sites (N-methyl/N-ethyl adjacent to an activating group) is 7. The van der Waals surface area contributed by atoms with E-state index in [1.807, 2.05) is 68.4 Å². The molecule has 2 fully saturated rings. The van der Waals surface area contributed by atoms with Crippen LogP contribution in [0.3, 0.4) is 0 Å². The van der Waals surface area contributed by atoms with E-state index in [-0.39, 0.29) is 69.0 Å². The van der Waals surface area contributed by atoms with Gasteiger partial charge < -0.3 is 70.3 Å². The summed E-state index contributed by atoms with van der Waals surface area (Å²) in [7, 11) is 10.0. The first-order valence-electron chi connectivity index (χ1n) is 34.4. The highest BCUT2D eigenvalue weighted by molar-refractivity contribution is 6.00. The Morgan fingerprint density at radius 3 is 1.35 bits per heavy atom. The second kappa shape index (κ2) is 39.1. The van der Waals surface area contributed by atoms with Gasteiger partial charge in [-0.05, 0) is 127 Å². The van der Waals surface area contributed by atoms with Gasteiger partial charge >= 0.3 is 0 Å². The van der Waals surface area contributed by atoms with Gasteiger partial charge in [-0.3, -0.25) is 52.7 Å². The molecule has 0 saturated carbocycles. The first kappa shape index (κ1) is 83.9. The first-order valence-corrected chi connectivity index (χ1v) is 34.4. The number of carbonyl (C=O) groups excluding carboxylic acids is 11. The first-order chi connectivity index (χ1) is 43.7. The fourth-order valence-corrected chi connectivity index (χ4v) is 12.4. The highest BCUT2D eigenvalue weighted by atomic mass is 16.5. The van der Waals surface area contributed by atoms with Crippen molar-refractivity contribution in [2.75, 3.05) is 82.2 Å². The van der Waals surface area contributed by atoms with Crippen LogP contribution < -0.4 is 21.3 Å². The normalized spacial score (nSPS) is 27.3. The Bertz CT molecular complexity index is 2560. The molecule has 5 N–H and O–H groups in total. The van der Waals surface area contributed by atoms with Gasteiger partial charge in [0.1, 0.15) is 66.5 Å². The van der Waals surface area contributed by atoms with E-state index < -0.39 is 155 Å². The van der Waals surface area contributed by atoms with Gasteiger partial charge in [-0.25, -0.2) is 0 Å². The number of ether oxygens (including phenoxy) is 1. The Hall–Kier alpha value is -6.21. The van der Waals surface area contributed by atoms with Gasteiger partial charge in [-0.2, -0.15) is 0 Å². The molecule has 25 nitrogen and oxygen atoms in total. The molecule has 0 spiro atoms. The maximum Gasteiger partial charge on any atom is 0.248 e. The topological polar surface area (TPSA) is 291 Å². The van der Waals surface area contributed by atoms with Crippen molar-refractivity contribution < 1.29 is 62.6 Å². The van der Waals surface area contributed by atoms with Crippen molar-refractivity contribution in [3.63, 3.8) is 0 Å². The number of rotatable bonds is 20. The Balaban J connectivity index is 3.09. The number of nitrogens with zero attached hydrogens (tertiary/aromatic N) is 8. The lowest BCUT2D eigenvalue weighted by Gasteiger charge is -2.41. The summed E-state index contributed by atoms with van der Waals surface area (Å²) in [6.45, 7) is 32.2. The summed E-state index contributed by atoms with van der Waals surface area (Å²) in [6, 6.07) is -14.0. The minimum absolute atomic E-state index is 0.0163. The minimum atomic E-state index is -1.65. The van der Waals surface area contributed by atoms with Crippen molar-refractivity contribution in [1.82, 2.24) is 60.5 Å². The van der Waals surface area contributed by atoms with Crippen LogP contribution in [-0.2, 0) is 57.5 Å². The molecule has 2 heterocycles. The standard InChI is InChI=1S/C69H124N12O13/c1-25-27-30-46(15)58(82)57-62(86)72-49(26-2)64(88)78(22)54(39-94-34-33-81-31-28-29-32-81)67(91)74(18)51(36-41(5)6)61(85)73-55(44(11)12)68(92)75(19)50(35-40(3)4)60(84)70-47(16)59(83)71-48(17)63(87)76(20)52(37-42(7)8)65(89)77(21)53(38-43(9)10)66(90)79(23)56(45(13)14)69(93)80(57)24/h25,27,40-58,82H,26,28-39H2,1-24H3,(H,70,84)(H,71,83)(H,72,86)(H,73,85)/b27-25+/t46-,47+,48-,49+,50+,51+,52+,53+,54-,55+,56+,57+,58-/m1/s1. The molecule has 0 bridgehead atoms. The number of hydrogen-bond donors (Lipinski definition) is 5. The molecule has 0 aromatic heterocycles. The predicted molar refractivity (Wildman–Crippen MR) is 364 cm³/mol. The van der Waals surface area contributed by atoms with Crippen LogP contribution >= 0.6 is 0 Å². The monoisotopic (exact) mass is 1330 g/mol. The van der Waals surface area contributed by atoms with E-state index >= 15 is 28.8 Å². The molecule has 2 aliphatic heterocycles. The van der Waals surface area contributed by atoms with E-state index in [9.17, 15) is 29.1 Å². The molecule has 0 aliphatic carbocycles. The van der Waals surface area contributed by atoms with Crippen LogP contribution in [0.15, 0.2) is 12.2 Å². The zero-order chi connectivity index (χ0) is 72.1. The molecule has 0 aromatic rings. The number of nitrogens with one attached hydrogen (secondary N) is 4. The number of allylic oxidation sites excluding steroid dienone is 2. The largest absolute Gasteiger partial charge is 0.390 e. The summed E-state index contributed by atoms with van der Waals surface area (Å²) in [5, 5.41) is 23.5. The molecular formula is C69H124N12O13. The minimum Gasteiger partial charge on any atom is -0.390 e. The number of likely N-dealkylation sites (tertiary alicyclic amines) is 1. The second-order valence-electron chi connectivity index (χ2n) is 28.9. The van der Waals surface area contributed by atoms with E-state index in [0.717, 1.165) is 30.8 Å². The van der Waals surface area contributed by atoms with Crippen LogP contribution in [0.5, 0.6) is 0 Å². The lowest BCUT2D eigenvalue weighted by Crippen LogP contribution is -2.64. The van der Waals surface area contributed by atoms with Gasteiger partial charge in [-0.1, -0.05) is 109 Å². The quantitative estimate of drug-likeness (QED) is 0.0858. The van der Waals surface area contributed by atoms with Crippen molar-refractivity contribution in [2.45, 2.75) is 242 Å². The molecule has 2 aliphatic rings. The van der Waals surface area contributed by atoms with Gasteiger partial charge in [0.15, 0.2) is 0 Å². The zero-order valence-electron chi connectivity index (χ0n) is 61.7. The molecule has 2 rings (SSSR count). The van der Waals surface area contributed by atoms with Gasteiger partial charge in [-0.15, -0.1) is 0 Å². The number of amides is 11. The lowest BCUT2D eigenvalue weighted by molar-refractivity contribution is -0.157. The molecule has 11 amide bonds. The maximum atomic E-state index is 15.4. The number of aliphatic hydroxyl groups excluding tert-OH is 1. The summed E-state index contributed by atoms with van der Waals surface area (Å²) in [5.74, 6) is -10.0. The van der Waals surface area contributed by atoms with Crippen LogP contribution in [0.1, 0.15) is 169 Å². The smallest absolute Gasteiger partial charge is 0.248 e. The van der Waals surface area contributed by atoms with Gasteiger partial charge in [0.2, 0.25) is 65.0 Å². The number of carbonyl (C=O) groups is 11. The van der Waals surface area contributed by atoms with Crippen molar-refractivity contribution in [3.8, 4) is 0 Å². The van der Waals surface area contributed by atoms with Gasteiger partial charge in [0.05, 0.1) is 19.3 Å². The lowest BCUT2D eigenvalue weighted by atomic mass is 9.91. The molecule has 94 heavy (non-hydrogen) atoms. The Kier molecular flexibility index (Phi) is 34.9. The highest BCUT2D eigenvalue weighted by Crippen LogP contribution is 2.26. The molecule has 0 unspecified atom stereocenters. The van der Waals surface area contributed by atoms with Crippen LogP contribution in [-0.4, -0.2) is 264 Å². The van der Waals surface area contributed by atoms with E-state index in [0.29, 0.717) is 13.0 Å². The zero-order valence-corrected chi connectivity index (χ0v) is 61.7. The van der Waals surface area contributed by atoms with Crippen LogP contribution in [0, 0.1) is 41.4 Å². The average Bonchev–Trinajstić information content (AvgIpc) is 0.858. The predicted octanol–water partition coefficient (Wildman–Crippen LogP) is 3.75. The maximum absolute atomic E-state index is 15.4. The summed E-state index contributed by atoms with van der Waals surface area (Å²) < 4.78 is 6.23. The highest BCUT2D eigenvalue weighted by Gasteiger charge is 2.46. The molecule has 538 valence electrons. The third-order valence-electron chi connectivity index (χ3n) is 18.4. The fraction of sp³-hybridized carbons (Fsp3) is 0.812. The third kappa shape index (κ3) is 23.6. The van der Waals surface area contributed by atoms with E-state index in [1.54, 1.807) is 47.6 Å². The van der Waals surface area contributed by atoms with Crippen molar-refractivity contribution >= 4 is 65.0 Å². The fourth-order valence-electron chi connectivity index (χ4n) is 12.4. The van der Waals surface area contributed by atoms with E-state index in [4.69, 9.17) is 4.74 Å². The molecule has 0 radical (unpaired) electrons. The van der Waals surface area contributed by atoms with Crippen molar-refractivity contribution in [1.29, 1.82) is 0 Å². The molecule has 25 heteroatoms. The molecular weight excluding hydrogens is 1200 g/mol. The van der Waals surface area contributed by atoms with E-state index in [1.165, 1.54) is 92.6 Å². The Labute approximate surface area is 563 Å². The summed E-state index contributed by atoms with van der Waals surface area (Å²) in [4.78, 5) is 175. The van der Waals surface area contributed by atoms with Crippen LogP contribution in [0.4, 0.5) is 0 Å². The van der Waals surface area contributed by atoms with Gasteiger partial charge in [0, 0.05) is 55.9 Å². The summed E-state index contributed by atoms with van der Waals surface area (Å²) >= 11 is 0. The van der Waals surface area contributed by atoms with Crippen LogP contribution in [0.2, 0.25) is 0 Å². The van der Waals surface area contributed by atoms with Crippen molar-refractivity contribution in [3.05, 3.63) is 12.2 Å². The molecule has 2 saturated heterocycles. The van der Waals surface area contributed by atoms with Gasteiger partial charge in [0.25, 0.3) is 0 Å². The van der Waals surface area contributed by atoms with Crippen molar-refractivity contribution in [2.24, 2.45) is 41.4 Å². The Morgan fingerprint density at radius 1 is 0.468 bits per heavy atom. The number of aliphatic hydroxyl groups is 1. The third-order valence-corrected chi connectivity index (χ3v) is 18.4. The Morgan fingerprint density at radius 2 is 0.883 bits per heavy atom. The molecule has 0 aromatic carbocycles. The second-order valence-corrected chi connectivity index (χ2v) is 28.9. The molecule has 13 atom stereocenters. The van der Waals surface area contributed by atoms with Crippen LogP contribution in [0.25, 0.3) is 0 Å². The SMILES string of the molecule is C/C=C/C[C@@H](C)[C@@H](O)[C@H]1C(=O)N[C@@H](CC)C(=O)N(C)[C@H](COCCN2CCCC2)C(=O)N(C)[C@@H](CC(C)C)C(=O)N[C@@H](C(C)C)C(=O)N(C)[C@@H](CC(C)C)C(=O)N[C@@H](C)C(=O)N[C@H](C)C(=O)N(C)[C@@H](CC(C)C)C(=O)N(C)[C@@H](CC(C)C)C(=O)N(C)[C@@H](C(C)C)C(=O)N1C. The van der Waals surface area contributed by atoms with E-state index in [2.05, 4.69) is 26.2 Å². The number of hydrogen-bond acceptors (Lipinski definition) is 14.